The fourth-order valence-corrected chi connectivity index (χ4v) is 3.09. The standard InChI is InChI=1S/C24H27N5O6/c30-20-14-17(35-13-12-27-24-25-10-11-26-24)7-8-18(20)22(32)28-15-19(23(33)34)29-21(31)9-6-16-4-2-1-3-5-16/h1-9,14,19,30H,10-13,15H2,(H,28,32)(H,29,31)(H,33,34)(H2,25,26,27)/b9-6+/t19-/m0/s1. The summed E-state index contributed by atoms with van der Waals surface area (Å²) in [4.78, 5) is 40.2. The number of carbonyl (C=O) groups excluding carboxylic acids is 2. The minimum Gasteiger partial charge on any atom is -0.507 e. The number of nitrogens with zero attached hydrogens (tertiary/aromatic N) is 1. The first kappa shape index (κ1) is 25.1. The van der Waals surface area contributed by atoms with Crippen molar-refractivity contribution in [3.05, 3.63) is 65.7 Å². The van der Waals surface area contributed by atoms with Gasteiger partial charge in [-0.15, -0.1) is 0 Å². The number of aliphatic carboxylic acids is 1. The molecule has 11 heteroatoms. The average Bonchev–Trinajstić information content (AvgIpc) is 3.37. The summed E-state index contributed by atoms with van der Waals surface area (Å²) in [6.45, 7) is 1.96. The van der Waals surface area contributed by atoms with Crippen molar-refractivity contribution in [2.75, 3.05) is 32.8 Å². The smallest absolute Gasteiger partial charge is 0.328 e. The zero-order valence-electron chi connectivity index (χ0n) is 18.9. The van der Waals surface area contributed by atoms with Gasteiger partial charge in [-0.3, -0.25) is 14.6 Å². The second kappa shape index (κ2) is 12.6. The van der Waals surface area contributed by atoms with Crippen LogP contribution in [0, 0.1) is 0 Å². The van der Waals surface area contributed by atoms with Crippen LogP contribution in [-0.4, -0.2) is 72.8 Å². The fourth-order valence-electron chi connectivity index (χ4n) is 3.09. The van der Waals surface area contributed by atoms with E-state index < -0.39 is 23.8 Å². The number of amides is 2. The van der Waals surface area contributed by atoms with Gasteiger partial charge in [-0.1, -0.05) is 30.3 Å². The minimum atomic E-state index is -1.36. The van der Waals surface area contributed by atoms with Crippen LogP contribution in [0.25, 0.3) is 6.08 Å². The number of rotatable bonds is 11. The normalized spacial score (nSPS) is 13.4. The van der Waals surface area contributed by atoms with E-state index >= 15 is 0 Å². The Kier molecular flexibility index (Phi) is 9.06. The van der Waals surface area contributed by atoms with Crippen LogP contribution in [0.15, 0.2) is 59.6 Å². The summed E-state index contributed by atoms with van der Waals surface area (Å²) in [5, 5.41) is 30.5. The fraction of sp³-hybridized carbons (Fsp3) is 0.250. The highest BCUT2D eigenvalue weighted by molar-refractivity contribution is 5.98. The Labute approximate surface area is 201 Å². The highest BCUT2D eigenvalue weighted by atomic mass is 16.5. The number of phenolic OH excluding ortho intramolecular Hbond substituents is 1. The minimum absolute atomic E-state index is 0.0561. The molecule has 1 heterocycles. The van der Waals surface area contributed by atoms with E-state index in [0.29, 0.717) is 24.9 Å². The molecule has 2 aromatic carbocycles. The number of benzene rings is 2. The lowest BCUT2D eigenvalue weighted by Gasteiger charge is -2.15. The second-order valence-electron chi connectivity index (χ2n) is 7.46. The number of hydrogen-bond donors (Lipinski definition) is 6. The molecule has 2 aromatic rings. The summed E-state index contributed by atoms with van der Waals surface area (Å²) in [7, 11) is 0. The molecule has 0 aromatic heterocycles. The monoisotopic (exact) mass is 481 g/mol. The molecule has 0 bridgehead atoms. The molecule has 6 N–H and O–H groups in total. The third kappa shape index (κ3) is 8.07. The van der Waals surface area contributed by atoms with Gasteiger partial charge in [0, 0.05) is 25.2 Å². The molecule has 0 fully saturated rings. The molecule has 0 saturated heterocycles. The SMILES string of the molecule is O=C(/C=C/c1ccccc1)N[C@@H](CNC(=O)c1ccc(OCCNC2=NCCN2)cc1O)C(=O)O. The summed E-state index contributed by atoms with van der Waals surface area (Å²) in [5.41, 5.74) is 0.724. The van der Waals surface area contributed by atoms with E-state index in [2.05, 4.69) is 26.3 Å². The molecule has 0 saturated carbocycles. The first-order valence-electron chi connectivity index (χ1n) is 10.9. The molecule has 1 aliphatic heterocycles. The molecule has 184 valence electrons. The Hall–Kier alpha value is -4.54. The summed E-state index contributed by atoms with van der Waals surface area (Å²) >= 11 is 0. The van der Waals surface area contributed by atoms with E-state index in [-0.39, 0.29) is 17.9 Å². The third-order valence-corrected chi connectivity index (χ3v) is 4.86. The lowest BCUT2D eigenvalue weighted by Crippen LogP contribution is -2.48. The highest BCUT2D eigenvalue weighted by Gasteiger charge is 2.21. The van der Waals surface area contributed by atoms with E-state index in [1.807, 2.05) is 18.2 Å². The number of hydrogen-bond acceptors (Lipinski definition) is 8. The van der Waals surface area contributed by atoms with E-state index in [0.717, 1.165) is 18.7 Å². The van der Waals surface area contributed by atoms with Gasteiger partial charge in [0.25, 0.3) is 5.91 Å². The largest absolute Gasteiger partial charge is 0.507 e. The number of carboxylic acids is 1. The number of phenols is 1. The van der Waals surface area contributed by atoms with Gasteiger partial charge < -0.3 is 36.2 Å². The molecule has 0 unspecified atom stereocenters. The van der Waals surface area contributed by atoms with Gasteiger partial charge >= 0.3 is 5.97 Å². The zero-order chi connectivity index (χ0) is 25.0. The lowest BCUT2D eigenvalue weighted by atomic mass is 10.1. The van der Waals surface area contributed by atoms with Gasteiger partial charge in [0.05, 0.1) is 18.7 Å². The maximum atomic E-state index is 12.4. The number of nitrogens with one attached hydrogen (secondary N) is 4. The zero-order valence-corrected chi connectivity index (χ0v) is 18.9. The van der Waals surface area contributed by atoms with Crippen LogP contribution in [0.5, 0.6) is 11.5 Å². The number of carbonyl (C=O) groups is 3. The topological polar surface area (TPSA) is 161 Å². The van der Waals surface area contributed by atoms with E-state index in [4.69, 9.17) is 4.74 Å². The first-order valence-corrected chi connectivity index (χ1v) is 10.9. The summed E-state index contributed by atoms with van der Waals surface area (Å²) in [5.74, 6) is -1.87. The van der Waals surface area contributed by atoms with Gasteiger partial charge in [-0.05, 0) is 23.8 Å². The molecule has 1 atom stereocenters. The van der Waals surface area contributed by atoms with Crippen LogP contribution in [-0.2, 0) is 9.59 Å². The number of ether oxygens (including phenoxy) is 1. The quantitative estimate of drug-likeness (QED) is 0.198. The van der Waals surface area contributed by atoms with Crippen molar-refractivity contribution in [3.63, 3.8) is 0 Å². The molecule has 2 amide bonds. The maximum Gasteiger partial charge on any atom is 0.328 e. The molecule has 11 nitrogen and oxygen atoms in total. The van der Waals surface area contributed by atoms with Gasteiger partial charge in [-0.2, -0.15) is 0 Å². The number of carboxylic acid groups (broad SMARTS) is 1. The Morgan fingerprint density at radius 1 is 1.17 bits per heavy atom. The Morgan fingerprint density at radius 2 is 1.97 bits per heavy atom. The first-order chi connectivity index (χ1) is 16.9. The molecule has 0 radical (unpaired) electrons. The van der Waals surface area contributed by atoms with Crippen LogP contribution in [0.4, 0.5) is 0 Å². The maximum absolute atomic E-state index is 12.4. The molecule has 3 rings (SSSR count). The van der Waals surface area contributed by atoms with E-state index in [1.165, 1.54) is 24.3 Å². The van der Waals surface area contributed by atoms with Crippen molar-refractivity contribution in [1.82, 2.24) is 21.3 Å². The Balaban J connectivity index is 1.47. The number of aromatic hydroxyl groups is 1. The second-order valence-corrected chi connectivity index (χ2v) is 7.46. The molecule has 1 aliphatic rings. The van der Waals surface area contributed by atoms with Crippen LogP contribution in [0.1, 0.15) is 15.9 Å². The number of aliphatic imine (C=N–C) groups is 1. The van der Waals surface area contributed by atoms with Crippen molar-refractivity contribution < 1.29 is 29.3 Å². The van der Waals surface area contributed by atoms with E-state index in [9.17, 15) is 24.6 Å². The Bertz CT molecular complexity index is 1100. The van der Waals surface area contributed by atoms with Gasteiger partial charge in [0.2, 0.25) is 5.91 Å². The number of guanidine groups is 1. The predicted molar refractivity (Wildman–Crippen MR) is 129 cm³/mol. The molecule has 0 spiro atoms. The van der Waals surface area contributed by atoms with Crippen molar-refractivity contribution in [2.24, 2.45) is 4.99 Å². The van der Waals surface area contributed by atoms with Crippen LogP contribution < -0.4 is 26.0 Å². The molecular weight excluding hydrogens is 454 g/mol. The van der Waals surface area contributed by atoms with Crippen molar-refractivity contribution in [1.29, 1.82) is 0 Å². The average molecular weight is 482 g/mol. The van der Waals surface area contributed by atoms with Gasteiger partial charge in [-0.25, -0.2) is 4.79 Å². The van der Waals surface area contributed by atoms with Crippen LogP contribution in [0.3, 0.4) is 0 Å². The summed E-state index contributed by atoms with van der Waals surface area (Å²) in [6, 6.07) is 11.9. The van der Waals surface area contributed by atoms with E-state index in [1.54, 1.807) is 18.2 Å². The van der Waals surface area contributed by atoms with Gasteiger partial charge in [0.1, 0.15) is 24.1 Å². The van der Waals surface area contributed by atoms with Crippen molar-refractivity contribution in [3.8, 4) is 11.5 Å². The highest BCUT2D eigenvalue weighted by Crippen LogP contribution is 2.23. The van der Waals surface area contributed by atoms with Crippen molar-refractivity contribution in [2.45, 2.75) is 6.04 Å². The van der Waals surface area contributed by atoms with Crippen LogP contribution in [0.2, 0.25) is 0 Å². The Morgan fingerprint density at radius 3 is 2.66 bits per heavy atom. The van der Waals surface area contributed by atoms with Crippen LogP contribution >= 0.6 is 0 Å². The van der Waals surface area contributed by atoms with Crippen molar-refractivity contribution >= 4 is 29.8 Å². The summed E-state index contributed by atoms with van der Waals surface area (Å²) < 4.78 is 5.54. The predicted octanol–water partition coefficient (Wildman–Crippen LogP) is 0.332. The third-order valence-electron chi connectivity index (χ3n) is 4.86. The van der Waals surface area contributed by atoms with Gasteiger partial charge in [0.15, 0.2) is 5.96 Å². The lowest BCUT2D eigenvalue weighted by molar-refractivity contribution is -0.141. The molecule has 0 aliphatic carbocycles. The molecular formula is C24H27N5O6. The summed E-state index contributed by atoms with van der Waals surface area (Å²) in [6.07, 6.45) is 2.76. The molecule has 35 heavy (non-hydrogen) atoms.